The molecule has 0 bridgehead atoms. The second-order valence-electron chi connectivity index (χ2n) is 7.73. The quantitative estimate of drug-likeness (QED) is 0.253. The number of carbonyl (C=O) groups excluding carboxylic acids is 1. The van der Waals surface area contributed by atoms with E-state index in [1.54, 1.807) is 25.3 Å². The van der Waals surface area contributed by atoms with Gasteiger partial charge in [-0.25, -0.2) is 9.78 Å². The molecule has 0 saturated carbocycles. The zero-order valence-corrected chi connectivity index (χ0v) is 20.8. The molecule has 1 amide bonds. The number of anilines is 1. The van der Waals surface area contributed by atoms with E-state index in [0.29, 0.717) is 28.6 Å². The number of amides is 1. The maximum Gasteiger partial charge on any atom is 0.490 e. The minimum Gasteiger partial charge on any atom is -0.475 e. The van der Waals surface area contributed by atoms with Crippen LogP contribution < -0.4 is 5.32 Å². The highest BCUT2D eigenvalue weighted by molar-refractivity contribution is 7.05. The van der Waals surface area contributed by atoms with E-state index >= 15 is 0 Å². The molecule has 0 aliphatic carbocycles. The Kier molecular flexibility index (Phi) is 7.73. The van der Waals surface area contributed by atoms with Crippen molar-refractivity contribution >= 4 is 51.6 Å². The molecule has 0 radical (unpaired) electrons. The summed E-state index contributed by atoms with van der Waals surface area (Å²) in [5.74, 6) is -2.38. The van der Waals surface area contributed by atoms with E-state index in [-0.39, 0.29) is 11.7 Å². The molecule has 38 heavy (non-hydrogen) atoms. The molecule has 3 aromatic heterocycles. The number of carboxylic acid groups (broad SMARTS) is 1. The Morgan fingerprint density at radius 3 is 2.66 bits per heavy atom. The third-order valence-electron chi connectivity index (χ3n) is 4.92. The van der Waals surface area contributed by atoms with Crippen LogP contribution in [0, 0.1) is 6.92 Å². The van der Waals surface area contributed by atoms with Gasteiger partial charge in [0, 0.05) is 29.1 Å². The first-order chi connectivity index (χ1) is 18.0. The fourth-order valence-corrected chi connectivity index (χ4v) is 4.14. The summed E-state index contributed by atoms with van der Waals surface area (Å²) in [4.78, 5) is 25.8. The first-order valence-electron chi connectivity index (χ1n) is 10.6. The van der Waals surface area contributed by atoms with Crippen LogP contribution in [0.5, 0.6) is 0 Å². The lowest BCUT2D eigenvalue weighted by atomic mass is 10.1. The van der Waals surface area contributed by atoms with Gasteiger partial charge in [0.1, 0.15) is 5.01 Å². The number of carboxylic acids is 1. The van der Waals surface area contributed by atoms with E-state index in [0.717, 1.165) is 27.0 Å². The predicted octanol–water partition coefficient (Wildman–Crippen LogP) is 5.51. The predicted molar refractivity (Wildman–Crippen MR) is 132 cm³/mol. The van der Waals surface area contributed by atoms with Crippen LogP contribution in [-0.2, 0) is 11.2 Å². The van der Waals surface area contributed by atoms with Crippen molar-refractivity contribution in [3.8, 4) is 11.4 Å². The normalized spacial score (nSPS) is 11.2. The van der Waals surface area contributed by atoms with Crippen LogP contribution in [0.4, 0.5) is 18.9 Å². The Morgan fingerprint density at radius 2 is 1.97 bits per heavy atom. The Balaban J connectivity index is 0.000000426. The molecule has 3 heterocycles. The molecule has 5 rings (SSSR count). The molecular weight excluding hydrogens is 549 g/mol. The number of nitrogens with zero attached hydrogens (tertiary/aromatic N) is 4. The fourth-order valence-electron chi connectivity index (χ4n) is 3.17. The average Bonchev–Trinajstić information content (AvgIpc) is 3.62. The summed E-state index contributed by atoms with van der Waals surface area (Å²) >= 11 is 7.84. The molecule has 3 N–H and O–H groups in total. The van der Waals surface area contributed by atoms with Crippen molar-refractivity contribution in [2.75, 3.05) is 5.32 Å². The number of rotatable bonds is 5. The van der Waals surface area contributed by atoms with Crippen molar-refractivity contribution in [2.45, 2.75) is 19.5 Å². The number of hydrogen-bond donors (Lipinski definition) is 3. The Bertz CT molecular complexity index is 1610. The number of carbonyl (C=O) groups is 2. The smallest absolute Gasteiger partial charge is 0.475 e. The van der Waals surface area contributed by atoms with E-state index in [4.69, 9.17) is 26.0 Å². The Hall–Kier alpha value is -4.30. The van der Waals surface area contributed by atoms with Gasteiger partial charge < -0.3 is 14.9 Å². The molecule has 2 aromatic carbocycles. The second kappa shape index (κ2) is 11.0. The summed E-state index contributed by atoms with van der Waals surface area (Å²) in [6.07, 6.45) is -2.80. The highest BCUT2D eigenvalue weighted by Gasteiger charge is 2.38. The third kappa shape index (κ3) is 6.33. The van der Waals surface area contributed by atoms with Gasteiger partial charge in [-0.05, 0) is 42.2 Å². The molecule has 0 saturated heterocycles. The molecule has 0 aliphatic rings. The molecule has 0 aliphatic heterocycles. The Morgan fingerprint density at radius 1 is 1.21 bits per heavy atom. The molecule has 0 spiro atoms. The van der Waals surface area contributed by atoms with Crippen molar-refractivity contribution in [1.29, 1.82) is 0 Å². The first kappa shape index (κ1) is 26.8. The van der Waals surface area contributed by atoms with Gasteiger partial charge in [-0.3, -0.25) is 9.89 Å². The van der Waals surface area contributed by atoms with Gasteiger partial charge in [-0.2, -0.15) is 22.6 Å². The number of benzene rings is 2. The van der Waals surface area contributed by atoms with E-state index in [1.165, 1.54) is 11.5 Å². The maximum absolute atomic E-state index is 12.3. The largest absolute Gasteiger partial charge is 0.490 e. The molecular formula is C23H16ClF3N6O4S. The summed E-state index contributed by atoms with van der Waals surface area (Å²) in [6, 6.07) is 12.8. The van der Waals surface area contributed by atoms with E-state index in [9.17, 15) is 18.0 Å². The Labute approximate surface area is 220 Å². The summed E-state index contributed by atoms with van der Waals surface area (Å²) in [6.45, 7) is 1.76. The number of halogens is 4. The van der Waals surface area contributed by atoms with E-state index < -0.39 is 12.1 Å². The van der Waals surface area contributed by atoms with Gasteiger partial charge >= 0.3 is 12.1 Å². The standard InChI is InChI=1S/C21H15ClN6O2S.C2HF3O2/c1-11-7-17(30-27-11)21(29)24-14-4-2-3-13(8-14)20-25-18(31-28-20)9-12-5-6-16-15(19(12)22)10-23-26-16;3-2(4,5)1(6)7/h2-8,10H,9H2,1H3,(H,23,26)(H,24,29);(H,6,7). The first-order valence-corrected chi connectivity index (χ1v) is 11.7. The van der Waals surface area contributed by atoms with Gasteiger partial charge in [-0.15, -0.1) is 0 Å². The number of H-pyrrole nitrogens is 1. The minimum absolute atomic E-state index is 0.156. The lowest BCUT2D eigenvalue weighted by Crippen LogP contribution is -2.21. The van der Waals surface area contributed by atoms with Crippen LogP contribution in [0.15, 0.2) is 53.2 Å². The van der Waals surface area contributed by atoms with Crippen LogP contribution in [0.2, 0.25) is 5.02 Å². The highest BCUT2D eigenvalue weighted by Crippen LogP contribution is 2.29. The van der Waals surface area contributed by atoms with Gasteiger partial charge in [0.05, 0.1) is 22.4 Å². The molecule has 196 valence electrons. The lowest BCUT2D eigenvalue weighted by Gasteiger charge is -2.04. The molecule has 15 heteroatoms. The van der Waals surface area contributed by atoms with Crippen LogP contribution >= 0.6 is 23.1 Å². The van der Waals surface area contributed by atoms with Crippen LogP contribution in [0.3, 0.4) is 0 Å². The number of alkyl halides is 3. The number of aromatic nitrogens is 5. The molecule has 0 unspecified atom stereocenters. The zero-order valence-electron chi connectivity index (χ0n) is 19.2. The SMILES string of the molecule is Cc1cc(C(=O)Nc2cccc(-c3nsc(Cc4ccc5[nH]ncc5c4Cl)n3)c2)on1.O=C(O)C(F)(F)F. The number of hydrogen-bond acceptors (Lipinski definition) is 8. The molecule has 0 atom stereocenters. The number of fused-ring (bicyclic) bond motifs is 1. The minimum atomic E-state index is -5.08. The summed E-state index contributed by atoms with van der Waals surface area (Å²) in [5, 5.41) is 23.0. The molecule has 0 fully saturated rings. The van der Waals surface area contributed by atoms with Crippen LogP contribution in [0.1, 0.15) is 26.8 Å². The van der Waals surface area contributed by atoms with Gasteiger partial charge in [0.15, 0.2) is 5.82 Å². The highest BCUT2D eigenvalue weighted by atomic mass is 35.5. The fraction of sp³-hybridized carbons (Fsp3) is 0.130. The monoisotopic (exact) mass is 564 g/mol. The van der Waals surface area contributed by atoms with Crippen molar-refractivity contribution in [1.82, 2.24) is 24.7 Å². The summed E-state index contributed by atoms with van der Waals surface area (Å²) in [5.41, 5.74) is 3.91. The summed E-state index contributed by atoms with van der Waals surface area (Å²) < 4.78 is 41.2. The lowest BCUT2D eigenvalue weighted by molar-refractivity contribution is -0.192. The molecule has 10 nitrogen and oxygen atoms in total. The van der Waals surface area contributed by atoms with E-state index in [2.05, 4.69) is 30.0 Å². The van der Waals surface area contributed by atoms with Crippen molar-refractivity contribution in [2.24, 2.45) is 0 Å². The van der Waals surface area contributed by atoms with Crippen molar-refractivity contribution in [3.05, 3.63) is 75.7 Å². The maximum atomic E-state index is 12.3. The topological polar surface area (TPSA) is 147 Å². The third-order valence-corrected chi connectivity index (χ3v) is 6.08. The average molecular weight is 565 g/mol. The van der Waals surface area contributed by atoms with Gasteiger partial charge in [-0.1, -0.05) is 35.0 Å². The van der Waals surface area contributed by atoms with Crippen molar-refractivity contribution < 1.29 is 32.4 Å². The molecule has 5 aromatic rings. The number of aromatic amines is 1. The number of aryl methyl sites for hydroxylation is 1. The van der Waals surface area contributed by atoms with E-state index in [1.807, 2.05) is 30.3 Å². The van der Waals surface area contributed by atoms with Gasteiger partial charge in [0.2, 0.25) is 5.76 Å². The van der Waals surface area contributed by atoms with Crippen LogP contribution in [-0.4, -0.2) is 47.9 Å². The van der Waals surface area contributed by atoms with Gasteiger partial charge in [0.25, 0.3) is 5.91 Å². The van der Waals surface area contributed by atoms with Crippen LogP contribution in [0.25, 0.3) is 22.3 Å². The number of nitrogens with one attached hydrogen (secondary N) is 2. The van der Waals surface area contributed by atoms with Crippen molar-refractivity contribution in [3.63, 3.8) is 0 Å². The number of aliphatic carboxylic acids is 1. The summed E-state index contributed by atoms with van der Waals surface area (Å²) in [7, 11) is 0. The second-order valence-corrected chi connectivity index (χ2v) is 8.94. The zero-order chi connectivity index (χ0) is 27.4.